The first kappa shape index (κ1) is 22.7. The molecule has 0 spiro atoms. The van der Waals surface area contributed by atoms with Crippen molar-refractivity contribution in [3.05, 3.63) is 59.7 Å². The molecule has 0 radical (unpaired) electrons. The predicted octanol–water partition coefficient (Wildman–Crippen LogP) is 4.28. The minimum absolute atomic E-state index is 0.119. The molecule has 166 valence electrons. The van der Waals surface area contributed by atoms with Gasteiger partial charge < -0.3 is 19.5 Å². The fourth-order valence-electron chi connectivity index (χ4n) is 3.80. The number of benzene rings is 2. The maximum Gasteiger partial charge on any atom is 0.347 e. The molecule has 1 atom stereocenters. The number of nitrogens with zero attached hydrogens (tertiary/aromatic N) is 1. The molecule has 6 heteroatoms. The number of carbonyl (C=O) groups excluding carboxylic acids is 1. The average molecular weight is 426 g/mol. The monoisotopic (exact) mass is 425 g/mol. The van der Waals surface area contributed by atoms with Crippen LogP contribution in [0.1, 0.15) is 50.7 Å². The summed E-state index contributed by atoms with van der Waals surface area (Å²) < 4.78 is 11.1. The minimum atomic E-state index is -1.30. The number of likely N-dealkylation sites (tertiary alicyclic amines) is 1. The second kappa shape index (κ2) is 9.86. The van der Waals surface area contributed by atoms with Gasteiger partial charge in [0.2, 0.25) is 5.91 Å². The first-order valence-electron chi connectivity index (χ1n) is 10.8. The molecule has 3 rings (SSSR count). The summed E-state index contributed by atoms with van der Waals surface area (Å²) in [6, 6.07) is 15.2. The Balaban J connectivity index is 1.64. The van der Waals surface area contributed by atoms with Crippen molar-refractivity contribution < 1.29 is 24.2 Å². The summed E-state index contributed by atoms with van der Waals surface area (Å²) in [5.74, 6) is 0.650. The molecule has 1 aliphatic heterocycles. The van der Waals surface area contributed by atoms with Crippen LogP contribution in [0.4, 0.5) is 0 Å². The zero-order valence-electron chi connectivity index (χ0n) is 18.5. The van der Waals surface area contributed by atoms with Crippen LogP contribution < -0.4 is 9.47 Å². The van der Waals surface area contributed by atoms with Gasteiger partial charge in [0, 0.05) is 19.0 Å². The molecule has 1 fully saturated rings. The van der Waals surface area contributed by atoms with Gasteiger partial charge in [-0.1, -0.05) is 24.3 Å². The van der Waals surface area contributed by atoms with Gasteiger partial charge in [0.25, 0.3) is 0 Å². The molecule has 2 aromatic carbocycles. The van der Waals surface area contributed by atoms with Crippen LogP contribution in [-0.4, -0.2) is 47.2 Å². The van der Waals surface area contributed by atoms with E-state index < -0.39 is 11.6 Å². The molecular weight excluding hydrogens is 394 g/mol. The fourth-order valence-corrected chi connectivity index (χ4v) is 3.80. The summed E-state index contributed by atoms with van der Waals surface area (Å²) in [4.78, 5) is 26.2. The highest BCUT2D eigenvalue weighted by molar-refractivity contribution is 5.79. The molecule has 31 heavy (non-hydrogen) atoms. The van der Waals surface area contributed by atoms with Crippen LogP contribution in [0, 0.1) is 0 Å². The second-order valence-corrected chi connectivity index (χ2v) is 8.42. The van der Waals surface area contributed by atoms with Crippen LogP contribution in [0.15, 0.2) is 48.5 Å². The van der Waals surface area contributed by atoms with Gasteiger partial charge in [-0.3, -0.25) is 4.79 Å². The molecule has 1 heterocycles. The number of aliphatic carboxylic acids is 1. The molecular formula is C25H31NO5. The number of carboxylic acid groups (broad SMARTS) is 1. The number of hydrogen-bond donors (Lipinski definition) is 1. The summed E-state index contributed by atoms with van der Waals surface area (Å²) in [6.45, 7) is 7.04. The molecule has 1 amide bonds. The maximum absolute atomic E-state index is 12.9. The van der Waals surface area contributed by atoms with Crippen molar-refractivity contribution >= 4 is 11.9 Å². The Morgan fingerprint density at radius 2 is 1.87 bits per heavy atom. The Kier molecular flexibility index (Phi) is 7.21. The van der Waals surface area contributed by atoms with E-state index in [1.54, 1.807) is 6.07 Å². The van der Waals surface area contributed by atoms with E-state index in [-0.39, 0.29) is 11.8 Å². The van der Waals surface area contributed by atoms with E-state index in [4.69, 9.17) is 9.47 Å². The van der Waals surface area contributed by atoms with E-state index in [0.717, 1.165) is 36.3 Å². The SMILES string of the molecule is CCOc1ccc(CC(=O)N2CCCC(c3cccc(OC(C)(C)C(=O)O)c3)C2)cc1. The lowest BCUT2D eigenvalue weighted by atomic mass is 9.90. The topological polar surface area (TPSA) is 76.1 Å². The lowest BCUT2D eigenvalue weighted by molar-refractivity contribution is -0.152. The van der Waals surface area contributed by atoms with Gasteiger partial charge >= 0.3 is 5.97 Å². The smallest absolute Gasteiger partial charge is 0.347 e. The molecule has 0 aromatic heterocycles. The van der Waals surface area contributed by atoms with Crippen molar-refractivity contribution in [3.63, 3.8) is 0 Å². The van der Waals surface area contributed by atoms with Gasteiger partial charge in [0.05, 0.1) is 13.0 Å². The zero-order chi connectivity index (χ0) is 22.4. The summed E-state index contributed by atoms with van der Waals surface area (Å²) in [7, 11) is 0. The highest BCUT2D eigenvalue weighted by Crippen LogP contribution is 2.30. The molecule has 1 unspecified atom stereocenters. The fraction of sp³-hybridized carbons (Fsp3) is 0.440. The summed E-state index contributed by atoms with van der Waals surface area (Å²) >= 11 is 0. The van der Waals surface area contributed by atoms with Crippen LogP contribution in [0.25, 0.3) is 0 Å². The summed E-state index contributed by atoms with van der Waals surface area (Å²) in [5.41, 5.74) is 0.740. The molecule has 1 saturated heterocycles. The first-order valence-corrected chi connectivity index (χ1v) is 10.8. The molecule has 6 nitrogen and oxygen atoms in total. The van der Waals surface area contributed by atoms with Crippen molar-refractivity contribution in [1.29, 1.82) is 0 Å². The van der Waals surface area contributed by atoms with E-state index in [9.17, 15) is 14.7 Å². The minimum Gasteiger partial charge on any atom is -0.494 e. The standard InChI is InChI=1S/C25H31NO5/c1-4-30-21-12-10-18(11-13-21)15-23(27)26-14-6-8-20(17-26)19-7-5-9-22(16-19)31-25(2,3)24(28)29/h5,7,9-13,16,20H,4,6,8,14-15,17H2,1-3H3,(H,28,29). The maximum atomic E-state index is 12.9. The van der Waals surface area contributed by atoms with Gasteiger partial charge in [0.1, 0.15) is 11.5 Å². The van der Waals surface area contributed by atoms with Gasteiger partial charge in [0.15, 0.2) is 5.60 Å². The first-order chi connectivity index (χ1) is 14.8. The number of amides is 1. The lowest BCUT2D eigenvalue weighted by Gasteiger charge is -2.33. The van der Waals surface area contributed by atoms with Gasteiger partial charge in [-0.15, -0.1) is 0 Å². The van der Waals surface area contributed by atoms with Crippen molar-refractivity contribution in [2.45, 2.75) is 51.6 Å². The largest absolute Gasteiger partial charge is 0.494 e. The molecule has 0 bridgehead atoms. The quantitative estimate of drug-likeness (QED) is 0.683. The third kappa shape index (κ3) is 6.00. The molecule has 1 N–H and O–H groups in total. The number of rotatable bonds is 8. The Morgan fingerprint density at radius 3 is 2.55 bits per heavy atom. The highest BCUT2D eigenvalue weighted by atomic mass is 16.5. The second-order valence-electron chi connectivity index (χ2n) is 8.42. The molecule has 1 aliphatic rings. The number of ether oxygens (including phenoxy) is 2. The van der Waals surface area contributed by atoms with Gasteiger partial charge in [-0.05, 0) is 69.0 Å². The van der Waals surface area contributed by atoms with E-state index in [2.05, 4.69) is 0 Å². The molecule has 2 aromatic rings. The van der Waals surface area contributed by atoms with Crippen LogP contribution >= 0.6 is 0 Å². The van der Waals surface area contributed by atoms with Crippen LogP contribution in [-0.2, 0) is 16.0 Å². The van der Waals surface area contributed by atoms with Gasteiger partial charge in [-0.25, -0.2) is 4.79 Å². The molecule has 0 saturated carbocycles. The van der Waals surface area contributed by atoms with Crippen LogP contribution in [0.3, 0.4) is 0 Å². The van der Waals surface area contributed by atoms with Gasteiger partial charge in [-0.2, -0.15) is 0 Å². The van der Waals surface area contributed by atoms with Crippen molar-refractivity contribution in [1.82, 2.24) is 4.90 Å². The average Bonchev–Trinajstić information content (AvgIpc) is 2.75. The number of carboxylic acids is 1. The van der Waals surface area contributed by atoms with E-state index in [1.807, 2.05) is 54.3 Å². The van der Waals surface area contributed by atoms with E-state index in [0.29, 0.717) is 25.3 Å². The number of hydrogen-bond acceptors (Lipinski definition) is 4. The van der Waals surface area contributed by atoms with Crippen LogP contribution in [0.5, 0.6) is 11.5 Å². The summed E-state index contributed by atoms with van der Waals surface area (Å²) in [5, 5.41) is 9.30. The third-order valence-electron chi connectivity index (χ3n) is 5.58. The predicted molar refractivity (Wildman–Crippen MR) is 119 cm³/mol. The Labute approximate surface area is 183 Å². The van der Waals surface area contributed by atoms with E-state index in [1.165, 1.54) is 13.8 Å². The number of piperidine rings is 1. The van der Waals surface area contributed by atoms with Crippen molar-refractivity contribution in [2.24, 2.45) is 0 Å². The van der Waals surface area contributed by atoms with Crippen molar-refractivity contribution in [2.75, 3.05) is 19.7 Å². The number of carbonyl (C=O) groups is 2. The Hall–Kier alpha value is -3.02. The summed E-state index contributed by atoms with van der Waals surface area (Å²) in [6.07, 6.45) is 2.29. The van der Waals surface area contributed by atoms with Crippen molar-refractivity contribution in [3.8, 4) is 11.5 Å². The third-order valence-corrected chi connectivity index (χ3v) is 5.58. The molecule has 0 aliphatic carbocycles. The Morgan fingerprint density at radius 1 is 1.13 bits per heavy atom. The van der Waals surface area contributed by atoms with E-state index >= 15 is 0 Å². The zero-order valence-corrected chi connectivity index (χ0v) is 18.5. The van der Waals surface area contributed by atoms with Crippen LogP contribution in [0.2, 0.25) is 0 Å². The lowest BCUT2D eigenvalue weighted by Crippen LogP contribution is -2.40. The Bertz CT molecular complexity index is 906. The highest BCUT2D eigenvalue weighted by Gasteiger charge is 2.30. The normalized spacial score (nSPS) is 16.6.